The van der Waals surface area contributed by atoms with Gasteiger partial charge in [-0.1, -0.05) is 41.6 Å². The topological polar surface area (TPSA) is 75.5 Å². The van der Waals surface area contributed by atoms with Gasteiger partial charge >= 0.3 is 5.97 Å². The molecule has 30 heavy (non-hydrogen) atoms. The molecule has 3 rings (SSSR count). The van der Waals surface area contributed by atoms with Gasteiger partial charge in [-0.2, -0.15) is 0 Å². The molecule has 0 aliphatic heterocycles. The monoisotopic (exact) mass is 409 g/mol. The molecule has 0 atom stereocenters. The van der Waals surface area contributed by atoms with E-state index in [2.05, 4.69) is 10.3 Å². The summed E-state index contributed by atoms with van der Waals surface area (Å²) in [5, 5.41) is 8.52. The maximum atomic E-state index is 11.5. The summed E-state index contributed by atoms with van der Waals surface area (Å²) in [4.78, 5) is 11.5. The lowest BCUT2D eigenvalue weighted by atomic mass is 10.1. The molecule has 7 nitrogen and oxygen atoms in total. The molecule has 1 heterocycles. The Morgan fingerprint density at radius 1 is 1.07 bits per heavy atom. The average molecular weight is 409 g/mol. The zero-order valence-corrected chi connectivity index (χ0v) is 17.4. The van der Waals surface area contributed by atoms with Gasteiger partial charge in [0.15, 0.2) is 0 Å². The average Bonchev–Trinajstić information content (AvgIpc) is 3.17. The first kappa shape index (κ1) is 21.7. The third-order valence-electron chi connectivity index (χ3n) is 4.60. The number of carbonyl (C=O) groups excluding carboxylic acids is 1. The van der Waals surface area contributed by atoms with Crippen LogP contribution in [0.15, 0.2) is 48.5 Å². The summed E-state index contributed by atoms with van der Waals surface area (Å²) < 4.78 is 18.0. The van der Waals surface area contributed by atoms with Crippen molar-refractivity contribution in [1.82, 2.24) is 15.0 Å². The molecule has 0 amide bonds. The van der Waals surface area contributed by atoms with E-state index in [1.54, 1.807) is 13.0 Å². The maximum absolute atomic E-state index is 11.5. The first-order chi connectivity index (χ1) is 14.7. The third kappa shape index (κ3) is 5.98. The van der Waals surface area contributed by atoms with E-state index in [4.69, 9.17) is 14.2 Å². The van der Waals surface area contributed by atoms with Gasteiger partial charge in [-0.3, -0.25) is 0 Å². The predicted molar refractivity (Wildman–Crippen MR) is 115 cm³/mol. The number of esters is 1. The van der Waals surface area contributed by atoms with Gasteiger partial charge in [-0.25, -0.2) is 9.48 Å². The van der Waals surface area contributed by atoms with Crippen LogP contribution in [-0.4, -0.2) is 47.4 Å². The fourth-order valence-electron chi connectivity index (χ4n) is 3.01. The fraction of sp³-hybridized carbons (Fsp3) is 0.348. The van der Waals surface area contributed by atoms with Crippen LogP contribution < -0.4 is 0 Å². The van der Waals surface area contributed by atoms with Crippen LogP contribution in [0.25, 0.3) is 17.1 Å². The minimum atomic E-state index is -0.356. The first-order valence-electron chi connectivity index (χ1n) is 10.1. The summed E-state index contributed by atoms with van der Waals surface area (Å²) >= 11 is 0. The van der Waals surface area contributed by atoms with Crippen molar-refractivity contribution in [3.63, 3.8) is 0 Å². The van der Waals surface area contributed by atoms with Crippen LogP contribution in [0.2, 0.25) is 0 Å². The highest BCUT2D eigenvalue weighted by Crippen LogP contribution is 2.20. The number of benzene rings is 2. The number of rotatable bonds is 11. The molecule has 0 radical (unpaired) electrons. The Kier molecular flexibility index (Phi) is 8.11. The Hall–Kier alpha value is -3.03. The largest absolute Gasteiger partial charge is 0.463 e. The van der Waals surface area contributed by atoms with E-state index >= 15 is 0 Å². The molecule has 158 valence electrons. The Bertz CT molecular complexity index is 983. The number of aromatic nitrogens is 3. The highest BCUT2D eigenvalue weighted by atomic mass is 16.5. The lowest BCUT2D eigenvalue weighted by Gasteiger charge is -2.07. The zero-order chi connectivity index (χ0) is 21.2. The van der Waals surface area contributed by atoms with Crippen molar-refractivity contribution in [2.24, 2.45) is 0 Å². The van der Waals surface area contributed by atoms with Gasteiger partial charge in [0.2, 0.25) is 0 Å². The molecule has 0 unspecified atom stereocenters. The Balaban J connectivity index is 1.46. The maximum Gasteiger partial charge on any atom is 0.330 e. The predicted octanol–water partition coefficient (Wildman–Crippen LogP) is 3.55. The van der Waals surface area contributed by atoms with Crippen molar-refractivity contribution in [2.45, 2.75) is 27.0 Å². The fourth-order valence-corrected chi connectivity index (χ4v) is 3.01. The molecule has 0 fully saturated rings. The minimum absolute atomic E-state index is 0.356. The van der Waals surface area contributed by atoms with E-state index in [1.165, 1.54) is 6.08 Å². The van der Waals surface area contributed by atoms with Crippen LogP contribution in [0.1, 0.15) is 23.6 Å². The molecule has 0 bridgehead atoms. The van der Waals surface area contributed by atoms with Gasteiger partial charge < -0.3 is 14.2 Å². The van der Waals surface area contributed by atoms with Crippen molar-refractivity contribution in [3.05, 3.63) is 65.2 Å². The van der Waals surface area contributed by atoms with Crippen molar-refractivity contribution in [1.29, 1.82) is 0 Å². The summed E-state index contributed by atoms with van der Waals surface area (Å²) in [5.74, 6) is -0.356. The molecule has 3 aromatic rings. The second kappa shape index (κ2) is 11.2. The molecule has 0 saturated heterocycles. The van der Waals surface area contributed by atoms with Crippen LogP contribution in [-0.2, 0) is 32.2 Å². The van der Waals surface area contributed by atoms with Gasteiger partial charge in [-0.05, 0) is 42.7 Å². The van der Waals surface area contributed by atoms with E-state index in [1.807, 2.05) is 54.1 Å². The van der Waals surface area contributed by atoms with E-state index < -0.39 is 0 Å². The standard InChI is InChI=1S/C23H27N3O4/c1-3-30-22(27)12-10-20-9-11-21-23(18(20)2)24-25-26(21)13-14-28-15-16-29-17-19-7-5-4-6-8-19/h4-12H,3,13-17H2,1-2H3/b12-10+. The molecule has 0 aliphatic carbocycles. The lowest BCUT2D eigenvalue weighted by Crippen LogP contribution is -2.11. The number of carbonyl (C=O) groups is 1. The normalized spacial score (nSPS) is 11.4. The van der Waals surface area contributed by atoms with Crippen LogP contribution in [0, 0.1) is 6.92 Å². The molecule has 0 N–H and O–H groups in total. The SMILES string of the molecule is CCOC(=O)/C=C/c1ccc2c(nnn2CCOCCOCc2ccccc2)c1C. The summed E-state index contributed by atoms with van der Waals surface area (Å²) in [6, 6.07) is 14.0. The highest BCUT2D eigenvalue weighted by Gasteiger charge is 2.09. The van der Waals surface area contributed by atoms with Gasteiger partial charge in [-0.15, -0.1) is 5.10 Å². The number of nitrogens with zero attached hydrogens (tertiary/aromatic N) is 3. The summed E-state index contributed by atoms with van der Waals surface area (Å²) in [6.45, 7) is 6.89. The lowest BCUT2D eigenvalue weighted by molar-refractivity contribution is -0.137. The van der Waals surface area contributed by atoms with Gasteiger partial charge in [0, 0.05) is 6.08 Å². The molecular weight excluding hydrogens is 382 g/mol. The van der Waals surface area contributed by atoms with E-state index in [0.717, 1.165) is 27.7 Å². The van der Waals surface area contributed by atoms with Crippen molar-refractivity contribution in [2.75, 3.05) is 26.4 Å². The molecule has 0 saturated carbocycles. The second-order valence-electron chi connectivity index (χ2n) is 6.70. The number of fused-ring (bicyclic) bond motifs is 1. The number of hydrogen-bond donors (Lipinski definition) is 0. The third-order valence-corrected chi connectivity index (χ3v) is 4.60. The molecule has 2 aromatic carbocycles. The Morgan fingerprint density at radius 2 is 1.87 bits per heavy atom. The van der Waals surface area contributed by atoms with Crippen molar-refractivity contribution < 1.29 is 19.0 Å². The van der Waals surface area contributed by atoms with Crippen molar-refractivity contribution in [3.8, 4) is 0 Å². The highest BCUT2D eigenvalue weighted by molar-refractivity contribution is 5.89. The zero-order valence-electron chi connectivity index (χ0n) is 17.4. The summed E-state index contributed by atoms with van der Waals surface area (Å²) in [7, 11) is 0. The quantitative estimate of drug-likeness (QED) is 0.274. The van der Waals surface area contributed by atoms with E-state index in [-0.39, 0.29) is 5.97 Å². The molecule has 7 heteroatoms. The van der Waals surface area contributed by atoms with Crippen LogP contribution in [0.4, 0.5) is 0 Å². The van der Waals surface area contributed by atoms with E-state index in [9.17, 15) is 4.79 Å². The molecule has 1 aromatic heterocycles. The van der Waals surface area contributed by atoms with Crippen LogP contribution >= 0.6 is 0 Å². The molecule has 0 aliphatic rings. The number of ether oxygens (including phenoxy) is 3. The first-order valence-corrected chi connectivity index (χ1v) is 10.1. The number of hydrogen-bond acceptors (Lipinski definition) is 6. The minimum Gasteiger partial charge on any atom is -0.463 e. The summed E-state index contributed by atoms with van der Waals surface area (Å²) in [6.07, 6.45) is 3.17. The summed E-state index contributed by atoms with van der Waals surface area (Å²) in [5.41, 5.74) is 4.78. The smallest absolute Gasteiger partial charge is 0.330 e. The van der Waals surface area contributed by atoms with Crippen molar-refractivity contribution >= 4 is 23.1 Å². The van der Waals surface area contributed by atoms with Gasteiger partial charge in [0.25, 0.3) is 0 Å². The number of aryl methyl sites for hydroxylation is 1. The van der Waals surface area contributed by atoms with Crippen LogP contribution in [0.3, 0.4) is 0 Å². The Morgan fingerprint density at radius 3 is 2.67 bits per heavy atom. The van der Waals surface area contributed by atoms with Gasteiger partial charge in [0.1, 0.15) is 5.52 Å². The second-order valence-corrected chi connectivity index (χ2v) is 6.70. The molecular formula is C23H27N3O4. The van der Waals surface area contributed by atoms with Gasteiger partial charge in [0.05, 0.1) is 45.1 Å². The van der Waals surface area contributed by atoms with E-state index in [0.29, 0.717) is 39.6 Å². The molecule has 0 spiro atoms. The van der Waals surface area contributed by atoms with Crippen LogP contribution in [0.5, 0.6) is 0 Å². The Labute approximate surface area is 176 Å².